The number of fused-ring (bicyclic) bond motifs is 2. The number of piperidine rings is 1. The molecule has 188 valence electrons. The second kappa shape index (κ2) is 9.69. The van der Waals surface area contributed by atoms with Crippen molar-refractivity contribution in [3.63, 3.8) is 0 Å². The standard InChI is InChI=1S/C30H27N7O/c1-36(2)22-9-12-37(13-10-22)23-7-8-26-27(15-23)35-30(34-26)29(38)19-5-6-20(16-31)24(14-19)25-18-32-17-21-4-3-11-33-28(21)25/h3-8,11,14-15,17-18,22H,9-10,12-13H2,1-2H3,(H,34,35). The number of H-pyrrole nitrogens is 1. The highest BCUT2D eigenvalue weighted by atomic mass is 16.1. The van der Waals surface area contributed by atoms with Gasteiger partial charge in [0.05, 0.1) is 28.2 Å². The van der Waals surface area contributed by atoms with Gasteiger partial charge in [0.25, 0.3) is 0 Å². The number of nitrogens with zero attached hydrogens (tertiary/aromatic N) is 6. The highest BCUT2D eigenvalue weighted by Crippen LogP contribution is 2.31. The van der Waals surface area contributed by atoms with Gasteiger partial charge in [-0.1, -0.05) is 0 Å². The van der Waals surface area contributed by atoms with Crippen LogP contribution in [-0.4, -0.2) is 63.8 Å². The first-order valence-corrected chi connectivity index (χ1v) is 12.7. The van der Waals surface area contributed by atoms with Crippen LogP contribution < -0.4 is 4.90 Å². The zero-order valence-electron chi connectivity index (χ0n) is 21.3. The normalized spacial score (nSPS) is 14.3. The molecule has 0 saturated carbocycles. The molecule has 1 aliphatic rings. The summed E-state index contributed by atoms with van der Waals surface area (Å²) in [5, 5.41) is 10.6. The first-order chi connectivity index (χ1) is 18.5. The number of aromatic amines is 1. The lowest BCUT2D eigenvalue weighted by Crippen LogP contribution is -2.41. The average Bonchev–Trinajstić information content (AvgIpc) is 3.40. The summed E-state index contributed by atoms with van der Waals surface area (Å²) in [6, 6.07) is 17.8. The molecule has 0 aliphatic carbocycles. The minimum atomic E-state index is -0.235. The molecule has 1 fully saturated rings. The van der Waals surface area contributed by atoms with Crippen LogP contribution in [0.2, 0.25) is 0 Å². The molecule has 4 heterocycles. The van der Waals surface area contributed by atoms with Crippen molar-refractivity contribution in [3.8, 4) is 17.2 Å². The number of rotatable bonds is 5. The molecule has 8 heteroatoms. The number of carbonyl (C=O) groups is 1. The number of benzene rings is 2. The number of pyridine rings is 2. The minimum Gasteiger partial charge on any atom is -0.371 e. The first-order valence-electron chi connectivity index (χ1n) is 12.7. The number of hydrogen-bond acceptors (Lipinski definition) is 7. The van der Waals surface area contributed by atoms with E-state index >= 15 is 0 Å². The van der Waals surface area contributed by atoms with E-state index in [1.165, 1.54) is 0 Å². The van der Waals surface area contributed by atoms with Crippen molar-refractivity contribution in [1.82, 2.24) is 24.8 Å². The summed E-state index contributed by atoms with van der Waals surface area (Å²) in [5.41, 5.74) is 5.67. The van der Waals surface area contributed by atoms with E-state index in [-0.39, 0.29) is 11.6 Å². The van der Waals surface area contributed by atoms with E-state index in [0.717, 1.165) is 53.6 Å². The van der Waals surface area contributed by atoms with Crippen LogP contribution in [0, 0.1) is 11.3 Å². The SMILES string of the molecule is CN(C)C1CCN(c2ccc3nc(C(=O)c4ccc(C#N)c(-c5cncc6cccnc56)c4)[nH]c3c2)CC1. The van der Waals surface area contributed by atoms with Gasteiger partial charge in [-0.05, 0) is 75.5 Å². The van der Waals surface area contributed by atoms with Gasteiger partial charge in [-0.2, -0.15) is 5.26 Å². The van der Waals surface area contributed by atoms with E-state index in [0.29, 0.717) is 28.3 Å². The lowest BCUT2D eigenvalue weighted by atomic mass is 9.96. The van der Waals surface area contributed by atoms with Crippen molar-refractivity contribution in [2.75, 3.05) is 32.1 Å². The van der Waals surface area contributed by atoms with Crippen LogP contribution in [0.4, 0.5) is 5.69 Å². The number of imidazole rings is 1. The first kappa shape index (κ1) is 23.8. The number of aromatic nitrogens is 4. The molecule has 2 aromatic carbocycles. The molecule has 38 heavy (non-hydrogen) atoms. The summed E-state index contributed by atoms with van der Waals surface area (Å²) in [7, 11) is 4.28. The smallest absolute Gasteiger partial charge is 0.228 e. The number of carbonyl (C=O) groups excluding carboxylic acids is 1. The van der Waals surface area contributed by atoms with Gasteiger partial charge in [0.2, 0.25) is 5.78 Å². The van der Waals surface area contributed by atoms with Gasteiger partial charge in [-0.25, -0.2) is 4.98 Å². The van der Waals surface area contributed by atoms with Gasteiger partial charge >= 0.3 is 0 Å². The maximum atomic E-state index is 13.5. The Morgan fingerprint density at radius 1 is 1.08 bits per heavy atom. The number of anilines is 1. The summed E-state index contributed by atoms with van der Waals surface area (Å²) in [6.07, 6.45) is 7.38. The van der Waals surface area contributed by atoms with Gasteiger partial charge < -0.3 is 14.8 Å². The molecule has 0 bridgehead atoms. The fourth-order valence-corrected chi connectivity index (χ4v) is 5.28. The third kappa shape index (κ3) is 4.27. The lowest BCUT2D eigenvalue weighted by Gasteiger charge is -2.36. The Hall–Kier alpha value is -4.61. The number of hydrogen-bond donors (Lipinski definition) is 1. The highest BCUT2D eigenvalue weighted by Gasteiger charge is 2.22. The maximum absolute atomic E-state index is 13.5. The second-order valence-electron chi connectivity index (χ2n) is 9.93. The Balaban J connectivity index is 1.32. The topological polar surface area (TPSA) is 102 Å². The Morgan fingerprint density at radius 3 is 2.71 bits per heavy atom. The van der Waals surface area contributed by atoms with E-state index in [2.05, 4.69) is 62.0 Å². The number of ketones is 1. The van der Waals surface area contributed by atoms with Crippen LogP contribution in [0.1, 0.15) is 34.6 Å². The molecule has 5 aromatic rings. The average molecular weight is 502 g/mol. The summed E-state index contributed by atoms with van der Waals surface area (Å²) >= 11 is 0. The molecule has 0 spiro atoms. The fraction of sp³-hybridized carbons (Fsp3) is 0.233. The van der Waals surface area contributed by atoms with Crippen molar-refractivity contribution >= 4 is 33.4 Å². The predicted octanol–water partition coefficient (Wildman–Crippen LogP) is 4.81. The fourth-order valence-electron chi connectivity index (χ4n) is 5.28. The van der Waals surface area contributed by atoms with Gasteiger partial charge in [0.1, 0.15) is 0 Å². The van der Waals surface area contributed by atoms with Crippen molar-refractivity contribution in [3.05, 3.63) is 84.1 Å². The van der Waals surface area contributed by atoms with Crippen LogP contribution in [0.5, 0.6) is 0 Å². The minimum absolute atomic E-state index is 0.235. The summed E-state index contributed by atoms with van der Waals surface area (Å²) in [4.78, 5) is 34.9. The lowest BCUT2D eigenvalue weighted by molar-refractivity contribution is 0.103. The highest BCUT2D eigenvalue weighted by molar-refractivity contribution is 6.09. The van der Waals surface area contributed by atoms with Crippen LogP contribution in [0.3, 0.4) is 0 Å². The van der Waals surface area contributed by atoms with E-state index < -0.39 is 0 Å². The van der Waals surface area contributed by atoms with E-state index in [9.17, 15) is 10.1 Å². The van der Waals surface area contributed by atoms with Gasteiger partial charge in [-0.3, -0.25) is 14.8 Å². The third-order valence-electron chi connectivity index (χ3n) is 7.44. The molecule has 1 saturated heterocycles. The monoisotopic (exact) mass is 501 g/mol. The molecule has 0 amide bonds. The third-order valence-corrected chi connectivity index (χ3v) is 7.44. The van der Waals surface area contributed by atoms with Gasteiger partial charge in [0.15, 0.2) is 5.82 Å². The predicted molar refractivity (Wildman–Crippen MR) is 148 cm³/mol. The van der Waals surface area contributed by atoms with E-state index in [1.807, 2.05) is 18.2 Å². The Bertz CT molecular complexity index is 1700. The van der Waals surface area contributed by atoms with Crippen molar-refractivity contribution < 1.29 is 4.79 Å². The van der Waals surface area contributed by atoms with Crippen LogP contribution in [-0.2, 0) is 0 Å². The van der Waals surface area contributed by atoms with Crippen molar-refractivity contribution in [1.29, 1.82) is 5.26 Å². The summed E-state index contributed by atoms with van der Waals surface area (Å²) < 4.78 is 0. The Morgan fingerprint density at radius 2 is 1.92 bits per heavy atom. The Labute approximate surface area is 220 Å². The second-order valence-corrected chi connectivity index (χ2v) is 9.93. The zero-order chi connectivity index (χ0) is 26.2. The van der Waals surface area contributed by atoms with Gasteiger partial charge in [0, 0.05) is 65.5 Å². The molecule has 3 aromatic heterocycles. The van der Waals surface area contributed by atoms with Crippen molar-refractivity contribution in [2.45, 2.75) is 18.9 Å². The molecular weight excluding hydrogens is 474 g/mol. The number of nitrogens with one attached hydrogen (secondary N) is 1. The van der Waals surface area contributed by atoms with Crippen LogP contribution in [0.15, 0.2) is 67.1 Å². The molecule has 0 atom stereocenters. The van der Waals surface area contributed by atoms with Crippen LogP contribution >= 0.6 is 0 Å². The molecular formula is C30H27N7O. The molecule has 6 rings (SSSR count). The largest absolute Gasteiger partial charge is 0.371 e. The van der Waals surface area contributed by atoms with Crippen LogP contribution in [0.25, 0.3) is 33.1 Å². The molecule has 1 N–H and O–H groups in total. The molecule has 8 nitrogen and oxygen atoms in total. The molecule has 1 aliphatic heterocycles. The van der Waals surface area contributed by atoms with E-state index in [4.69, 9.17) is 0 Å². The quantitative estimate of drug-likeness (QED) is 0.345. The molecule has 0 radical (unpaired) electrons. The van der Waals surface area contributed by atoms with E-state index in [1.54, 1.807) is 36.8 Å². The summed E-state index contributed by atoms with van der Waals surface area (Å²) in [5.74, 6) is 0.0368. The Kier molecular flexibility index (Phi) is 6.06. The summed E-state index contributed by atoms with van der Waals surface area (Å²) in [6.45, 7) is 2.00. The maximum Gasteiger partial charge on any atom is 0.228 e. The zero-order valence-corrected chi connectivity index (χ0v) is 21.3. The molecule has 0 unspecified atom stereocenters. The van der Waals surface area contributed by atoms with Crippen molar-refractivity contribution in [2.24, 2.45) is 0 Å². The number of nitriles is 1. The van der Waals surface area contributed by atoms with Gasteiger partial charge in [-0.15, -0.1) is 0 Å².